The largest absolute Gasteiger partial charge is 0.360 e. The molecule has 0 bridgehead atoms. The Morgan fingerprint density at radius 3 is 2.27 bits per heavy atom. The molecule has 8 heteroatoms. The highest BCUT2D eigenvalue weighted by molar-refractivity contribution is 9.10. The van der Waals surface area contributed by atoms with Crippen molar-refractivity contribution in [3.8, 4) is 0 Å². The summed E-state index contributed by atoms with van der Waals surface area (Å²) in [6.45, 7) is 5.71. The van der Waals surface area contributed by atoms with Gasteiger partial charge in [-0.25, -0.2) is 9.97 Å². The number of aromatic nitrogens is 2. The van der Waals surface area contributed by atoms with Gasteiger partial charge in [-0.2, -0.15) is 0 Å². The molecule has 22 heavy (non-hydrogen) atoms. The van der Waals surface area contributed by atoms with E-state index in [2.05, 4.69) is 36.5 Å². The number of hydrogen-bond acceptors (Lipinski definition) is 6. The zero-order valence-corrected chi connectivity index (χ0v) is 14.0. The second kappa shape index (κ2) is 6.27. The molecule has 0 aliphatic rings. The van der Waals surface area contributed by atoms with Gasteiger partial charge in [-0.05, 0) is 45.0 Å². The monoisotopic (exact) mass is 365 g/mol. The van der Waals surface area contributed by atoms with Crippen LogP contribution < -0.4 is 10.6 Å². The second-order valence-corrected chi connectivity index (χ2v) is 6.60. The molecule has 1 aromatic heterocycles. The van der Waals surface area contributed by atoms with Crippen LogP contribution in [0.1, 0.15) is 20.8 Å². The molecule has 0 saturated heterocycles. The highest BCUT2D eigenvalue weighted by Gasteiger charge is 2.25. The van der Waals surface area contributed by atoms with Crippen molar-refractivity contribution in [2.75, 3.05) is 10.6 Å². The van der Waals surface area contributed by atoms with E-state index in [1.165, 1.54) is 6.33 Å². The Labute approximate surface area is 136 Å². The van der Waals surface area contributed by atoms with Gasteiger partial charge in [0.1, 0.15) is 6.33 Å². The van der Waals surface area contributed by atoms with E-state index in [0.717, 1.165) is 4.47 Å². The van der Waals surface area contributed by atoms with E-state index in [9.17, 15) is 10.1 Å². The summed E-state index contributed by atoms with van der Waals surface area (Å²) in [7, 11) is 0. The van der Waals surface area contributed by atoms with Gasteiger partial charge in [0.05, 0.1) is 4.92 Å². The number of nitrogens with zero attached hydrogens (tertiary/aromatic N) is 3. The van der Waals surface area contributed by atoms with Crippen molar-refractivity contribution in [3.05, 3.63) is 45.2 Å². The van der Waals surface area contributed by atoms with Gasteiger partial charge in [0, 0.05) is 15.7 Å². The molecule has 2 N–H and O–H groups in total. The lowest BCUT2D eigenvalue weighted by Gasteiger charge is -2.21. The van der Waals surface area contributed by atoms with Crippen LogP contribution in [-0.2, 0) is 0 Å². The predicted octanol–water partition coefficient (Wildman–Crippen LogP) is 4.10. The first-order valence-electron chi connectivity index (χ1n) is 6.56. The SMILES string of the molecule is CC(C)(C)Nc1ncnc(Nc2ccc(Br)cc2)c1[N+](=O)[O-]. The first-order chi connectivity index (χ1) is 10.3. The van der Waals surface area contributed by atoms with Crippen molar-refractivity contribution in [1.29, 1.82) is 0 Å². The lowest BCUT2D eigenvalue weighted by atomic mass is 10.1. The molecule has 0 spiro atoms. The van der Waals surface area contributed by atoms with Crippen LogP contribution >= 0.6 is 15.9 Å². The molecular weight excluding hydrogens is 350 g/mol. The molecular formula is C14H16BrN5O2. The summed E-state index contributed by atoms with van der Waals surface area (Å²) in [5.41, 5.74) is 0.167. The molecule has 0 amide bonds. The smallest absolute Gasteiger partial charge is 0.353 e. The molecule has 2 aromatic rings. The van der Waals surface area contributed by atoms with E-state index >= 15 is 0 Å². The van der Waals surface area contributed by atoms with Gasteiger partial charge in [0.25, 0.3) is 0 Å². The standard InChI is InChI=1S/C14H16BrN5O2/c1-14(2,3)19-13-11(20(21)22)12(16-8-17-13)18-10-6-4-9(15)5-7-10/h4-8H,1-3H3,(H2,16,17,18,19). The highest BCUT2D eigenvalue weighted by atomic mass is 79.9. The molecule has 0 radical (unpaired) electrons. The molecule has 0 saturated carbocycles. The van der Waals surface area contributed by atoms with E-state index in [0.29, 0.717) is 5.69 Å². The van der Waals surface area contributed by atoms with Gasteiger partial charge in [-0.15, -0.1) is 0 Å². The number of benzene rings is 1. The van der Waals surface area contributed by atoms with Crippen LogP contribution in [0.15, 0.2) is 35.1 Å². The third-order valence-corrected chi connectivity index (χ3v) is 3.13. The number of nitro groups is 1. The minimum atomic E-state index is -0.491. The molecule has 2 rings (SSSR count). The number of halogens is 1. The maximum atomic E-state index is 11.4. The fourth-order valence-corrected chi connectivity index (χ4v) is 2.02. The number of nitrogens with one attached hydrogen (secondary N) is 2. The van der Waals surface area contributed by atoms with Crippen LogP contribution in [-0.4, -0.2) is 20.4 Å². The summed E-state index contributed by atoms with van der Waals surface area (Å²) >= 11 is 3.34. The van der Waals surface area contributed by atoms with Crippen LogP contribution in [0.5, 0.6) is 0 Å². The van der Waals surface area contributed by atoms with Crippen LogP contribution in [0.3, 0.4) is 0 Å². The molecule has 0 unspecified atom stereocenters. The molecule has 0 aliphatic heterocycles. The molecule has 0 fully saturated rings. The van der Waals surface area contributed by atoms with Crippen LogP contribution in [0.25, 0.3) is 0 Å². The predicted molar refractivity (Wildman–Crippen MR) is 89.5 cm³/mol. The molecule has 7 nitrogen and oxygen atoms in total. The Hall–Kier alpha value is -2.22. The number of rotatable bonds is 4. The molecule has 1 aromatic carbocycles. The molecule has 0 atom stereocenters. The Bertz CT molecular complexity index is 683. The highest BCUT2D eigenvalue weighted by Crippen LogP contribution is 2.32. The molecule has 1 heterocycles. The van der Waals surface area contributed by atoms with Crippen LogP contribution in [0.4, 0.5) is 23.0 Å². The molecule has 0 aliphatic carbocycles. The number of hydrogen-bond donors (Lipinski definition) is 2. The average Bonchev–Trinajstić information content (AvgIpc) is 2.39. The van der Waals surface area contributed by atoms with Gasteiger partial charge in [-0.1, -0.05) is 15.9 Å². The summed E-state index contributed by atoms with van der Waals surface area (Å²) in [5.74, 6) is 0.334. The lowest BCUT2D eigenvalue weighted by molar-refractivity contribution is -0.383. The Balaban J connectivity index is 2.40. The summed E-state index contributed by atoms with van der Waals surface area (Å²) < 4.78 is 0.922. The van der Waals surface area contributed by atoms with Gasteiger partial charge in [-0.3, -0.25) is 10.1 Å². The van der Waals surface area contributed by atoms with E-state index in [-0.39, 0.29) is 22.9 Å². The van der Waals surface area contributed by atoms with Gasteiger partial charge in [0.2, 0.25) is 11.6 Å². The zero-order chi connectivity index (χ0) is 16.3. The summed E-state index contributed by atoms with van der Waals surface area (Å²) in [6, 6.07) is 7.27. The topological polar surface area (TPSA) is 93.0 Å². The number of anilines is 3. The Morgan fingerprint density at radius 2 is 1.73 bits per heavy atom. The Kier molecular flexibility index (Phi) is 4.60. The summed E-state index contributed by atoms with van der Waals surface area (Å²) in [5, 5.41) is 17.4. The van der Waals surface area contributed by atoms with Crippen molar-refractivity contribution in [2.24, 2.45) is 0 Å². The third-order valence-electron chi connectivity index (χ3n) is 2.61. The van der Waals surface area contributed by atoms with Gasteiger partial charge >= 0.3 is 5.69 Å². The zero-order valence-electron chi connectivity index (χ0n) is 12.4. The minimum Gasteiger partial charge on any atom is -0.360 e. The first kappa shape index (κ1) is 16.2. The maximum Gasteiger partial charge on any atom is 0.353 e. The van der Waals surface area contributed by atoms with E-state index < -0.39 is 4.92 Å². The van der Waals surface area contributed by atoms with E-state index in [1.807, 2.05) is 32.9 Å². The van der Waals surface area contributed by atoms with Crippen molar-refractivity contribution in [2.45, 2.75) is 26.3 Å². The normalized spacial score (nSPS) is 11.1. The quantitative estimate of drug-likeness (QED) is 0.625. The minimum absolute atomic E-state index is 0.147. The van der Waals surface area contributed by atoms with Crippen LogP contribution in [0, 0.1) is 10.1 Å². The first-order valence-corrected chi connectivity index (χ1v) is 7.36. The van der Waals surface area contributed by atoms with E-state index in [1.54, 1.807) is 12.1 Å². The van der Waals surface area contributed by atoms with E-state index in [4.69, 9.17) is 0 Å². The van der Waals surface area contributed by atoms with Crippen molar-refractivity contribution >= 4 is 38.9 Å². The Morgan fingerprint density at radius 1 is 1.14 bits per heavy atom. The third kappa shape index (κ3) is 4.14. The second-order valence-electron chi connectivity index (χ2n) is 5.68. The maximum absolute atomic E-state index is 11.4. The van der Waals surface area contributed by atoms with Crippen molar-refractivity contribution in [3.63, 3.8) is 0 Å². The fourth-order valence-electron chi connectivity index (χ4n) is 1.76. The van der Waals surface area contributed by atoms with Crippen molar-refractivity contribution < 1.29 is 4.92 Å². The fraction of sp³-hybridized carbons (Fsp3) is 0.286. The van der Waals surface area contributed by atoms with Gasteiger partial charge < -0.3 is 10.6 Å². The van der Waals surface area contributed by atoms with Crippen LogP contribution in [0.2, 0.25) is 0 Å². The van der Waals surface area contributed by atoms with Crippen molar-refractivity contribution in [1.82, 2.24) is 9.97 Å². The summed E-state index contributed by atoms with van der Waals surface area (Å²) in [6.07, 6.45) is 1.29. The average molecular weight is 366 g/mol. The lowest BCUT2D eigenvalue weighted by Crippen LogP contribution is -2.27. The van der Waals surface area contributed by atoms with Gasteiger partial charge in [0.15, 0.2) is 0 Å². The summed E-state index contributed by atoms with van der Waals surface area (Å²) in [4.78, 5) is 18.9. The molecule has 116 valence electrons.